The molecule has 2 aromatic rings. The Morgan fingerprint density at radius 3 is 2.34 bits per heavy atom. The first-order valence-corrected chi connectivity index (χ1v) is 9.50. The molecule has 2 aromatic carbocycles. The van der Waals surface area contributed by atoms with E-state index in [0.29, 0.717) is 11.5 Å². The fourth-order valence-corrected chi connectivity index (χ4v) is 2.84. The summed E-state index contributed by atoms with van der Waals surface area (Å²) in [6, 6.07) is 14.8. The lowest BCUT2D eigenvalue weighted by Crippen LogP contribution is -2.36. The van der Waals surface area contributed by atoms with E-state index in [9.17, 15) is 4.79 Å². The van der Waals surface area contributed by atoms with Gasteiger partial charge in [0.1, 0.15) is 11.6 Å². The molecule has 0 heterocycles. The summed E-state index contributed by atoms with van der Waals surface area (Å²) in [6.45, 7) is 9.08. The van der Waals surface area contributed by atoms with Gasteiger partial charge in [0.25, 0.3) is 0 Å². The summed E-state index contributed by atoms with van der Waals surface area (Å²) >= 11 is 0. The van der Waals surface area contributed by atoms with Crippen molar-refractivity contribution in [2.45, 2.75) is 33.8 Å². The third-order valence-corrected chi connectivity index (χ3v) is 3.95. The lowest BCUT2D eigenvalue weighted by molar-refractivity contribution is -0.115. The van der Waals surface area contributed by atoms with Crippen molar-refractivity contribution in [1.82, 2.24) is 0 Å². The first kappa shape index (κ1) is 24.3. The average molecular weight is 419 g/mol. The van der Waals surface area contributed by atoms with E-state index in [1.54, 1.807) is 6.07 Å². The molecule has 2 rings (SSSR count). The molecule has 0 aliphatic heterocycles. The van der Waals surface area contributed by atoms with Gasteiger partial charge in [0, 0.05) is 23.5 Å². The van der Waals surface area contributed by atoms with Gasteiger partial charge in [0.05, 0.1) is 12.6 Å². The number of halogens is 1. The van der Waals surface area contributed by atoms with Crippen molar-refractivity contribution in [3.8, 4) is 5.75 Å². The zero-order chi connectivity index (χ0) is 20.7. The van der Waals surface area contributed by atoms with E-state index < -0.39 is 0 Å². The molecule has 1 amide bonds. The number of carbonyl (C=O) groups is 1. The van der Waals surface area contributed by atoms with Gasteiger partial charge in [-0.1, -0.05) is 26.0 Å². The maximum absolute atomic E-state index is 12.6. The highest BCUT2D eigenvalue weighted by Crippen LogP contribution is 2.19. The molecule has 6 nitrogen and oxygen atoms in total. The third-order valence-electron chi connectivity index (χ3n) is 3.95. The number of rotatable bonds is 9. The zero-order valence-corrected chi connectivity index (χ0v) is 18.3. The number of amidine groups is 1. The number of nitrogen functional groups attached to an aromatic ring is 1. The van der Waals surface area contributed by atoms with E-state index >= 15 is 0 Å². The Kier molecular flexibility index (Phi) is 9.48. The number of hydrogen-bond acceptors (Lipinski definition) is 4. The van der Waals surface area contributed by atoms with E-state index in [4.69, 9.17) is 15.9 Å². The van der Waals surface area contributed by atoms with Gasteiger partial charge in [-0.05, 0) is 56.2 Å². The van der Waals surface area contributed by atoms with E-state index in [-0.39, 0.29) is 36.8 Å². The fourth-order valence-electron chi connectivity index (χ4n) is 2.84. The van der Waals surface area contributed by atoms with Crippen molar-refractivity contribution in [2.75, 3.05) is 23.3 Å². The molecule has 0 fully saturated rings. The first-order chi connectivity index (χ1) is 13.2. The minimum Gasteiger partial charge on any atom is -0.491 e. The van der Waals surface area contributed by atoms with Crippen LogP contribution in [0, 0.1) is 11.3 Å². The quantitative estimate of drug-likeness (QED) is 0.418. The second-order valence-corrected chi connectivity index (χ2v) is 7.48. The predicted octanol–water partition coefficient (Wildman–Crippen LogP) is 4.28. The number of amides is 1. The Morgan fingerprint density at radius 2 is 1.79 bits per heavy atom. The van der Waals surface area contributed by atoms with E-state index in [2.05, 4.69) is 19.2 Å². The standard InChI is InChI=1S/C22H30N4O2.ClH/c1-15(2)13-26(19-7-5-6-17(12-19)22(23)24)14-21(27)25-18-8-10-20(11-9-18)28-16(3)4;/h5-12,15-16H,13-14H2,1-4H3,(H3,23,24)(H,25,27);1H. The van der Waals surface area contributed by atoms with Crippen molar-refractivity contribution in [3.05, 3.63) is 54.1 Å². The van der Waals surface area contributed by atoms with Crippen LogP contribution in [0.15, 0.2) is 48.5 Å². The normalized spacial score (nSPS) is 10.4. The number of nitrogens with zero attached hydrogens (tertiary/aromatic N) is 1. The van der Waals surface area contributed by atoms with Crippen LogP contribution in [-0.2, 0) is 4.79 Å². The highest BCUT2D eigenvalue weighted by atomic mass is 35.5. The van der Waals surface area contributed by atoms with Crippen LogP contribution in [0.5, 0.6) is 5.75 Å². The number of hydrogen-bond donors (Lipinski definition) is 3. The first-order valence-electron chi connectivity index (χ1n) is 9.50. The van der Waals surface area contributed by atoms with Crippen LogP contribution in [0.1, 0.15) is 33.3 Å². The molecule has 0 aliphatic carbocycles. The van der Waals surface area contributed by atoms with Crippen LogP contribution in [0.3, 0.4) is 0 Å². The summed E-state index contributed by atoms with van der Waals surface area (Å²) in [5.41, 5.74) is 7.85. The van der Waals surface area contributed by atoms with Crippen LogP contribution in [0.4, 0.5) is 11.4 Å². The van der Waals surface area contributed by atoms with Crippen LogP contribution in [-0.4, -0.2) is 30.9 Å². The summed E-state index contributed by atoms with van der Waals surface area (Å²) in [4.78, 5) is 14.6. The smallest absolute Gasteiger partial charge is 0.243 e. The topological polar surface area (TPSA) is 91.4 Å². The largest absolute Gasteiger partial charge is 0.491 e. The summed E-state index contributed by atoms with van der Waals surface area (Å²) in [5.74, 6) is 1.06. The molecule has 0 atom stereocenters. The second-order valence-electron chi connectivity index (χ2n) is 7.48. The van der Waals surface area contributed by atoms with Crippen LogP contribution in [0.25, 0.3) is 0 Å². The third kappa shape index (κ3) is 8.03. The molecule has 4 N–H and O–H groups in total. The molecular weight excluding hydrogens is 388 g/mol. The minimum atomic E-state index is -0.105. The van der Waals surface area contributed by atoms with Gasteiger partial charge >= 0.3 is 0 Å². The molecule has 29 heavy (non-hydrogen) atoms. The van der Waals surface area contributed by atoms with E-state index in [1.807, 2.05) is 61.2 Å². The summed E-state index contributed by atoms with van der Waals surface area (Å²) in [5, 5.41) is 10.6. The maximum atomic E-state index is 12.6. The average Bonchev–Trinajstić information content (AvgIpc) is 2.62. The fraction of sp³-hybridized carbons (Fsp3) is 0.364. The molecule has 0 saturated heterocycles. The van der Waals surface area contributed by atoms with Gasteiger partial charge in [-0.3, -0.25) is 10.2 Å². The second kappa shape index (κ2) is 11.3. The molecular formula is C22H31ClN4O2. The molecule has 0 saturated carbocycles. The van der Waals surface area contributed by atoms with E-state index in [1.165, 1.54) is 0 Å². The highest BCUT2D eigenvalue weighted by Gasteiger charge is 2.14. The van der Waals surface area contributed by atoms with Gasteiger partial charge in [0.15, 0.2) is 0 Å². The summed E-state index contributed by atoms with van der Waals surface area (Å²) < 4.78 is 5.62. The van der Waals surface area contributed by atoms with Crippen LogP contribution >= 0.6 is 12.4 Å². The molecule has 0 unspecified atom stereocenters. The number of anilines is 2. The molecule has 7 heteroatoms. The zero-order valence-electron chi connectivity index (χ0n) is 17.4. The number of nitrogens with one attached hydrogen (secondary N) is 2. The number of nitrogens with two attached hydrogens (primary N) is 1. The molecule has 0 radical (unpaired) electrons. The summed E-state index contributed by atoms with van der Waals surface area (Å²) in [7, 11) is 0. The van der Waals surface area contributed by atoms with E-state index in [0.717, 1.165) is 23.7 Å². The maximum Gasteiger partial charge on any atom is 0.243 e. The lowest BCUT2D eigenvalue weighted by atomic mass is 10.1. The van der Waals surface area contributed by atoms with Crippen molar-refractivity contribution in [3.63, 3.8) is 0 Å². The Hall–Kier alpha value is -2.73. The van der Waals surface area contributed by atoms with Crippen molar-refractivity contribution >= 4 is 35.5 Å². The van der Waals surface area contributed by atoms with Crippen molar-refractivity contribution < 1.29 is 9.53 Å². The van der Waals surface area contributed by atoms with Gasteiger partial charge in [0.2, 0.25) is 5.91 Å². The minimum absolute atomic E-state index is 0. The number of carbonyl (C=O) groups excluding carboxylic acids is 1. The SMILES string of the molecule is CC(C)CN(CC(=O)Nc1ccc(OC(C)C)cc1)c1cccc(C(=N)N)c1.Cl. The molecule has 0 aliphatic rings. The van der Waals surface area contributed by atoms with Gasteiger partial charge < -0.3 is 20.7 Å². The monoisotopic (exact) mass is 418 g/mol. The Morgan fingerprint density at radius 1 is 1.14 bits per heavy atom. The lowest BCUT2D eigenvalue weighted by Gasteiger charge is -2.26. The molecule has 0 aromatic heterocycles. The predicted molar refractivity (Wildman–Crippen MR) is 123 cm³/mol. The molecule has 158 valence electrons. The van der Waals surface area contributed by atoms with Gasteiger partial charge in [-0.2, -0.15) is 0 Å². The van der Waals surface area contributed by atoms with Crippen LogP contribution in [0.2, 0.25) is 0 Å². The molecule has 0 spiro atoms. The molecule has 0 bridgehead atoms. The highest BCUT2D eigenvalue weighted by molar-refractivity contribution is 5.97. The van der Waals surface area contributed by atoms with Crippen LogP contribution < -0.4 is 20.7 Å². The Bertz CT molecular complexity index is 807. The van der Waals surface area contributed by atoms with Crippen molar-refractivity contribution in [2.24, 2.45) is 11.7 Å². The van der Waals surface area contributed by atoms with Gasteiger partial charge in [-0.15, -0.1) is 12.4 Å². The Labute approximate surface area is 179 Å². The number of ether oxygens (including phenoxy) is 1. The van der Waals surface area contributed by atoms with Crippen molar-refractivity contribution in [1.29, 1.82) is 5.41 Å². The Balaban J connectivity index is 0.00000420. The van der Waals surface area contributed by atoms with Gasteiger partial charge in [-0.25, -0.2) is 0 Å². The number of benzene rings is 2. The summed E-state index contributed by atoms with van der Waals surface area (Å²) in [6.07, 6.45) is 0.107.